The van der Waals surface area contributed by atoms with Gasteiger partial charge >= 0.3 is 0 Å². The summed E-state index contributed by atoms with van der Waals surface area (Å²) in [5.41, 5.74) is 2.95. The summed E-state index contributed by atoms with van der Waals surface area (Å²) in [4.78, 5) is 16.4. The number of benzene rings is 1. The number of carbonyl (C=O) groups excluding carboxylic acids is 1. The standard InChI is InChI=1S/C20H22N4O2/c1-13(2)9-16-11-18(24-23-16)20(25)22-15-6-7-19(14(3)10-15)26-17-5-4-8-21-12-17/h4-8,10-13H,9H2,1-3H3,(H,22,25)(H,23,24). The Morgan fingerprint density at radius 2 is 2.12 bits per heavy atom. The molecule has 1 aromatic carbocycles. The van der Waals surface area contributed by atoms with Gasteiger partial charge in [-0.2, -0.15) is 5.10 Å². The van der Waals surface area contributed by atoms with Gasteiger partial charge in [0, 0.05) is 17.6 Å². The van der Waals surface area contributed by atoms with Crippen LogP contribution in [0.5, 0.6) is 11.5 Å². The fourth-order valence-electron chi connectivity index (χ4n) is 2.59. The van der Waals surface area contributed by atoms with Crippen LogP contribution in [0.25, 0.3) is 0 Å². The lowest BCUT2D eigenvalue weighted by Gasteiger charge is -2.10. The summed E-state index contributed by atoms with van der Waals surface area (Å²) in [6.45, 7) is 6.17. The molecule has 0 radical (unpaired) electrons. The molecule has 0 bridgehead atoms. The minimum absolute atomic E-state index is 0.239. The van der Waals surface area contributed by atoms with Gasteiger partial charge in [0.15, 0.2) is 5.69 Å². The summed E-state index contributed by atoms with van der Waals surface area (Å²) in [5.74, 6) is 1.65. The quantitative estimate of drug-likeness (QED) is 0.692. The molecule has 2 N–H and O–H groups in total. The second kappa shape index (κ2) is 7.82. The molecule has 0 spiro atoms. The van der Waals surface area contributed by atoms with Gasteiger partial charge in [-0.15, -0.1) is 0 Å². The largest absolute Gasteiger partial charge is 0.455 e. The Balaban J connectivity index is 1.67. The first-order valence-corrected chi connectivity index (χ1v) is 8.55. The summed E-state index contributed by atoms with van der Waals surface area (Å²) in [6.07, 6.45) is 4.21. The molecular weight excluding hydrogens is 328 g/mol. The van der Waals surface area contributed by atoms with Gasteiger partial charge in [-0.1, -0.05) is 13.8 Å². The minimum atomic E-state index is -0.239. The maximum atomic E-state index is 12.4. The normalized spacial score (nSPS) is 10.8. The monoisotopic (exact) mass is 350 g/mol. The van der Waals surface area contributed by atoms with E-state index in [-0.39, 0.29) is 5.91 Å². The van der Waals surface area contributed by atoms with E-state index in [2.05, 4.69) is 34.3 Å². The van der Waals surface area contributed by atoms with Gasteiger partial charge in [0.2, 0.25) is 0 Å². The third kappa shape index (κ3) is 4.47. The van der Waals surface area contributed by atoms with Crippen LogP contribution < -0.4 is 10.1 Å². The van der Waals surface area contributed by atoms with Crippen LogP contribution in [0.3, 0.4) is 0 Å². The zero-order chi connectivity index (χ0) is 18.5. The topological polar surface area (TPSA) is 79.9 Å². The van der Waals surface area contributed by atoms with Crippen molar-refractivity contribution < 1.29 is 9.53 Å². The summed E-state index contributed by atoms with van der Waals surface area (Å²) >= 11 is 0. The van der Waals surface area contributed by atoms with Crippen LogP contribution in [0.15, 0.2) is 48.8 Å². The Labute approximate surface area is 152 Å². The molecule has 2 heterocycles. The number of amides is 1. The molecule has 6 nitrogen and oxygen atoms in total. The number of aromatic amines is 1. The molecule has 0 saturated heterocycles. The van der Waals surface area contributed by atoms with Crippen molar-refractivity contribution in [2.75, 3.05) is 5.32 Å². The molecule has 6 heteroatoms. The zero-order valence-corrected chi connectivity index (χ0v) is 15.1. The Bertz CT molecular complexity index is 888. The van der Waals surface area contributed by atoms with Crippen LogP contribution in [0.1, 0.15) is 35.6 Å². The van der Waals surface area contributed by atoms with Crippen LogP contribution in [0, 0.1) is 12.8 Å². The highest BCUT2D eigenvalue weighted by molar-refractivity contribution is 6.03. The maximum Gasteiger partial charge on any atom is 0.276 e. The Kier molecular flexibility index (Phi) is 5.31. The highest BCUT2D eigenvalue weighted by Crippen LogP contribution is 2.27. The maximum absolute atomic E-state index is 12.4. The van der Waals surface area contributed by atoms with Gasteiger partial charge in [-0.3, -0.25) is 14.9 Å². The van der Waals surface area contributed by atoms with Gasteiger partial charge in [-0.05, 0) is 61.2 Å². The second-order valence-corrected chi connectivity index (χ2v) is 6.60. The lowest BCUT2D eigenvalue weighted by molar-refractivity contribution is 0.102. The summed E-state index contributed by atoms with van der Waals surface area (Å²) < 4.78 is 5.80. The van der Waals surface area contributed by atoms with Gasteiger partial charge in [0.1, 0.15) is 11.5 Å². The van der Waals surface area contributed by atoms with Gasteiger partial charge < -0.3 is 10.1 Å². The van der Waals surface area contributed by atoms with E-state index in [1.54, 1.807) is 24.5 Å². The number of H-pyrrole nitrogens is 1. The van der Waals surface area contributed by atoms with Crippen molar-refractivity contribution in [3.63, 3.8) is 0 Å². The molecule has 3 rings (SSSR count). The fourth-order valence-corrected chi connectivity index (χ4v) is 2.59. The summed E-state index contributed by atoms with van der Waals surface area (Å²) in [6, 6.07) is 10.9. The van der Waals surface area contributed by atoms with Crippen LogP contribution in [0.4, 0.5) is 5.69 Å². The number of aromatic nitrogens is 3. The van der Waals surface area contributed by atoms with E-state index in [1.165, 1.54) is 0 Å². The van der Waals surface area contributed by atoms with Crippen LogP contribution >= 0.6 is 0 Å². The Morgan fingerprint density at radius 1 is 1.27 bits per heavy atom. The molecule has 0 aliphatic carbocycles. The zero-order valence-electron chi connectivity index (χ0n) is 15.1. The number of ether oxygens (including phenoxy) is 1. The number of pyridine rings is 1. The van der Waals surface area contributed by atoms with Crippen molar-refractivity contribution in [2.24, 2.45) is 5.92 Å². The van der Waals surface area contributed by atoms with E-state index >= 15 is 0 Å². The fraction of sp³-hybridized carbons (Fsp3) is 0.250. The molecule has 1 amide bonds. The molecule has 0 saturated carbocycles. The molecular formula is C20H22N4O2. The minimum Gasteiger partial charge on any atom is -0.455 e. The lowest BCUT2D eigenvalue weighted by Crippen LogP contribution is -2.12. The first kappa shape index (κ1) is 17.7. The number of nitrogens with zero attached hydrogens (tertiary/aromatic N) is 2. The van der Waals surface area contributed by atoms with Crippen molar-refractivity contribution in [1.29, 1.82) is 0 Å². The Hall–Kier alpha value is -3.15. The van der Waals surface area contributed by atoms with Gasteiger partial charge in [0.25, 0.3) is 5.91 Å². The van der Waals surface area contributed by atoms with Crippen molar-refractivity contribution >= 4 is 11.6 Å². The van der Waals surface area contributed by atoms with Crippen molar-refractivity contribution in [3.05, 3.63) is 65.7 Å². The number of anilines is 1. The molecule has 0 fully saturated rings. The number of rotatable bonds is 6. The molecule has 134 valence electrons. The predicted molar refractivity (Wildman–Crippen MR) is 101 cm³/mol. The number of carbonyl (C=O) groups is 1. The van der Waals surface area contributed by atoms with Crippen molar-refractivity contribution in [3.8, 4) is 11.5 Å². The first-order chi connectivity index (χ1) is 12.5. The van der Waals surface area contributed by atoms with E-state index in [4.69, 9.17) is 4.74 Å². The number of aryl methyl sites for hydroxylation is 1. The molecule has 0 aliphatic heterocycles. The average molecular weight is 350 g/mol. The summed E-state index contributed by atoms with van der Waals surface area (Å²) in [7, 11) is 0. The molecule has 0 aliphatic rings. The van der Waals surface area contributed by atoms with Crippen molar-refractivity contribution in [1.82, 2.24) is 15.2 Å². The highest BCUT2D eigenvalue weighted by Gasteiger charge is 2.12. The smallest absolute Gasteiger partial charge is 0.276 e. The number of hydrogen-bond donors (Lipinski definition) is 2. The highest BCUT2D eigenvalue weighted by atomic mass is 16.5. The van der Waals surface area contributed by atoms with E-state index in [1.807, 2.05) is 31.2 Å². The number of hydrogen-bond acceptors (Lipinski definition) is 4. The molecule has 0 atom stereocenters. The predicted octanol–water partition coefficient (Wildman–Crippen LogP) is 4.36. The molecule has 0 unspecified atom stereocenters. The third-order valence-electron chi connectivity index (χ3n) is 3.79. The van der Waals surface area contributed by atoms with E-state index < -0.39 is 0 Å². The SMILES string of the molecule is Cc1cc(NC(=O)c2cc(CC(C)C)[nH]n2)ccc1Oc1cccnc1. The van der Waals surface area contributed by atoms with Gasteiger partial charge in [-0.25, -0.2) is 0 Å². The second-order valence-electron chi connectivity index (χ2n) is 6.60. The van der Waals surface area contributed by atoms with Crippen molar-refractivity contribution in [2.45, 2.75) is 27.2 Å². The molecule has 3 aromatic rings. The first-order valence-electron chi connectivity index (χ1n) is 8.55. The van der Waals surface area contributed by atoms with E-state index in [0.717, 1.165) is 23.4 Å². The van der Waals surface area contributed by atoms with E-state index in [0.29, 0.717) is 23.0 Å². The number of nitrogens with one attached hydrogen (secondary N) is 2. The van der Waals surface area contributed by atoms with E-state index in [9.17, 15) is 4.79 Å². The third-order valence-corrected chi connectivity index (χ3v) is 3.79. The average Bonchev–Trinajstić information content (AvgIpc) is 3.06. The van der Waals surface area contributed by atoms with Crippen LogP contribution in [-0.2, 0) is 6.42 Å². The summed E-state index contributed by atoms with van der Waals surface area (Å²) in [5, 5.41) is 9.87. The Morgan fingerprint density at radius 3 is 2.81 bits per heavy atom. The molecule has 26 heavy (non-hydrogen) atoms. The van der Waals surface area contributed by atoms with Crippen LogP contribution in [-0.4, -0.2) is 21.1 Å². The molecule has 2 aromatic heterocycles. The lowest BCUT2D eigenvalue weighted by atomic mass is 10.1. The van der Waals surface area contributed by atoms with Crippen LogP contribution in [0.2, 0.25) is 0 Å². The van der Waals surface area contributed by atoms with Gasteiger partial charge in [0.05, 0.1) is 6.20 Å².